The molecule has 4 nitrogen and oxygen atoms in total. The molecule has 22 heavy (non-hydrogen) atoms. The van der Waals surface area contributed by atoms with Crippen molar-refractivity contribution in [2.75, 3.05) is 26.8 Å². The number of unbranched alkanes of at least 4 members (excludes halogenated alkanes) is 1. The molecule has 0 aliphatic carbocycles. The maximum absolute atomic E-state index is 10.5. The molecule has 1 aromatic rings. The van der Waals surface area contributed by atoms with Crippen LogP contribution >= 0.6 is 0 Å². The molecule has 0 fully saturated rings. The Labute approximate surface area is 135 Å². The highest BCUT2D eigenvalue weighted by molar-refractivity contribution is 5.16. The molecule has 0 saturated heterocycles. The fraction of sp³-hybridized carbons (Fsp3) is 0.667. The van der Waals surface area contributed by atoms with Crippen LogP contribution in [0.5, 0.6) is 0 Å². The average molecular weight is 308 g/mol. The Hall–Kier alpha value is -0.940. The SMILES string of the molecule is CCCCN(CC(O)C(N)Cc1ccccc1)C(C)COC. The predicted octanol–water partition coefficient (Wildman–Crippen LogP) is 2.05. The van der Waals surface area contributed by atoms with Crippen LogP contribution in [0.1, 0.15) is 32.3 Å². The van der Waals surface area contributed by atoms with E-state index in [2.05, 4.69) is 30.9 Å². The third-order valence-corrected chi connectivity index (χ3v) is 4.06. The maximum atomic E-state index is 10.5. The highest BCUT2D eigenvalue weighted by Gasteiger charge is 2.21. The van der Waals surface area contributed by atoms with E-state index in [1.165, 1.54) is 5.56 Å². The standard InChI is InChI=1S/C18H32N2O2/c1-4-5-11-20(15(2)14-22-3)13-18(21)17(19)12-16-9-7-6-8-10-16/h6-10,15,17-18,21H,4-5,11-14,19H2,1-3H3. The average Bonchev–Trinajstić information content (AvgIpc) is 2.52. The van der Waals surface area contributed by atoms with Crippen LogP contribution in [0.3, 0.4) is 0 Å². The van der Waals surface area contributed by atoms with E-state index in [1.54, 1.807) is 7.11 Å². The highest BCUT2D eigenvalue weighted by Crippen LogP contribution is 2.09. The number of aliphatic hydroxyl groups is 1. The molecule has 3 unspecified atom stereocenters. The molecule has 0 aromatic heterocycles. The number of nitrogens with zero attached hydrogens (tertiary/aromatic N) is 1. The summed E-state index contributed by atoms with van der Waals surface area (Å²) < 4.78 is 5.25. The molecule has 0 aliphatic heterocycles. The maximum Gasteiger partial charge on any atom is 0.0821 e. The van der Waals surface area contributed by atoms with Gasteiger partial charge in [-0.05, 0) is 31.9 Å². The van der Waals surface area contributed by atoms with Crippen molar-refractivity contribution in [2.45, 2.75) is 51.3 Å². The van der Waals surface area contributed by atoms with Crippen molar-refractivity contribution in [3.63, 3.8) is 0 Å². The molecule has 1 rings (SSSR count). The summed E-state index contributed by atoms with van der Waals surface area (Å²) in [4.78, 5) is 2.28. The van der Waals surface area contributed by atoms with E-state index in [0.29, 0.717) is 19.6 Å². The van der Waals surface area contributed by atoms with Crippen molar-refractivity contribution in [2.24, 2.45) is 5.73 Å². The molecule has 0 bridgehead atoms. The quantitative estimate of drug-likeness (QED) is 0.657. The number of methoxy groups -OCH3 is 1. The summed E-state index contributed by atoms with van der Waals surface area (Å²) in [7, 11) is 1.71. The van der Waals surface area contributed by atoms with Gasteiger partial charge in [-0.15, -0.1) is 0 Å². The molecule has 3 N–H and O–H groups in total. The minimum absolute atomic E-state index is 0.249. The number of rotatable bonds is 11. The predicted molar refractivity (Wildman–Crippen MR) is 91.9 cm³/mol. The lowest BCUT2D eigenvalue weighted by Crippen LogP contribution is -2.48. The fourth-order valence-electron chi connectivity index (χ4n) is 2.60. The number of nitrogens with two attached hydrogens (primary N) is 1. The van der Waals surface area contributed by atoms with Gasteiger partial charge in [-0.2, -0.15) is 0 Å². The van der Waals surface area contributed by atoms with Crippen LogP contribution in [0.2, 0.25) is 0 Å². The van der Waals surface area contributed by atoms with Gasteiger partial charge in [0.25, 0.3) is 0 Å². The van der Waals surface area contributed by atoms with E-state index < -0.39 is 6.10 Å². The summed E-state index contributed by atoms with van der Waals surface area (Å²) in [5, 5.41) is 10.5. The summed E-state index contributed by atoms with van der Waals surface area (Å²) in [6.45, 7) is 6.55. The second-order valence-electron chi connectivity index (χ2n) is 6.07. The molecule has 0 saturated carbocycles. The monoisotopic (exact) mass is 308 g/mol. The first-order chi connectivity index (χ1) is 10.6. The van der Waals surface area contributed by atoms with Crippen LogP contribution in [-0.4, -0.2) is 55.0 Å². The van der Waals surface area contributed by atoms with Gasteiger partial charge in [0.2, 0.25) is 0 Å². The zero-order chi connectivity index (χ0) is 16.4. The number of hydrogen-bond acceptors (Lipinski definition) is 4. The van der Waals surface area contributed by atoms with Gasteiger partial charge in [0.15, 0.2) is 0 Å². The Morgan fingerprint density at radius 2 is 1.95 bits per heavy atom. The van der Waals surface area contributed by atoms with Gasteiger partial charge in [0.05, 0.1) is 12.7 Å². The van der Waals surface area contributed by atoms with Gasteiger partial charge in [-0.25, -0.2) is 0 Å². The largest absolute Gasteiger partial charge is 0.390 e. The Balaban J connectivity index is 2.54. The Morgan fingerprint density at radius 3 is 2.55 bits per heavy atom. The molecule has 0 amide bonds. The first-order valence-corrected chi connectivity index (χ1v) is 8.29. The number of hydrogen-bond donors (Lipinski definition) is 2. The van der Waals surface area contributed by atoms with Gasteiger partial charge in [-0.1, -0.05) is 43.7 Å². The molecule has 4 heteroatoms. The molecule has 3 atom stereocenters. The fourth-order valence-corrected chi connectivity index (χ4v) is 2.60. The van der Waals surface area contributed by atoms with Crippen molar-refractivity contribution in [3.8, 4) is 0 Å². The Bertz CT molecular complexity index is 386. The van der Waals surface area contributed by atoms with Crippen molar-refractivity contribution < 1.29 is 9.84 Å². The summed E-state index contributed by atoms with van der Waals surface area (Å²) in [6, 6.07) is 10.1. The van der Waals surface area contributed by atoms with E-state index in [4.69, 9.17) is 10.5 Å². The molecule has 0 heterocycles. The van der Waals surface area contributed by atoms with E-state index in [0.717, 1.165) is 19.4 Å². The van der Waals surface area contributed by atoms with Gasteiger partial charge >= 0.3 is 0 Å². The Kier molecular flexibility index (Phi) is 9.32. The summed E-state index contributed by atoms with van der Waals surface area (Å²) in [5.41, 5.74) is 7.36. The van der Waals surface area contributed by atoms with E-state index >= 15 is 0 Å². The molecule has 0 radical (unpaired) electrons. The van der Waals surface area contributed by atoms with Crippen LogP contribution in [-0.2, 0) is 11.2 Å². The van der Waals surface area contributed by atoms with Crippen LogP contribution in [0.25, 0.3) is 0 Å². The number of ether oxygens (including phenoxy) is 1. The summed E-state index contributed by atoms with van der Waals surface area (Å²) in [6.07, 6.45) is 2.43. The molecular weight excluding hydrogens is 276 g/mol. The van der Waals surface area contributed by atoms with Crippen molar-refractivity contribution in [1.29, 1.82) is 0 Å². The molecule has 0 spiro atoms. The van der Waals surface area contributed by atoms with E-state index in [-0.39, 0.29) is 12.1 Å². The van der Waals surface area contributed by atoms with Gasteiger partial charge < -0.3 is 15.6 Å². The van der Waals surface area contributed by atoms with Crippen LogP contribution in [0.15, 0.2) is 30.3 Å². The van der Waals surface area contributed by atoms with E-state index in [1.807, 2.05) is 18.2 Å². The van der Waals surface area contributed by atoms with Crippen LogP contribution in [0.4, 0.5) is 0 Å². The summed E-state index contributed by atoms with van der Waals surface area (Å²) in [5.74, 6) is 0. The van der Waals surface area contributed by atoms with Crippen molar-refractivity contribution in [1.82, 2.24) is 4.90 Å². The van der Waals surface area contributed by atoms with Gasteiger partial charge in [0.1, 0.15) is 0 Å². The van der Waals surface area contributed by atoms with Crippen LogP contribution < -0.4 is 5.73 Å². The lowest BCUT2D eigenvalue weighted by atomic mass is 10.0. The molecule has 0 aliphatic rings. The van der Waals surface area contributed by atoms with Gasteiger partial charge in [0, 0.05) is 25.7 Å². The topological polar surface area (TPSA) is 58.7 Å². The van der Waals surface area contributed by atoms with Crippen LogP contribution in [0, 0.1) is 0 Å². The first-order valence-electron chi connectivity index (χ1n) is 8.29. The minimum atomic E-state index is -0.531. The molecular formula is C18H32N2O2. The molecule has 1 aromatic carbocycles. The normalized spacial score (nSPS) is 15.7. The smallest absolute Gasteiger partial charge is 0.0821 e. The second-order valence-corrected chi connectivity index (χ2v) is 6.07. The Morgan fingerprint density at radius 1 is 1.27 bits per heavy atom. The number of benzene rings is 1. The third-order valence-electron chi connectivity index (χ3n) is 4.06. The zero-order valence-corrected chi connectivity index (χ0v) is 14.2. The highest BCUT2D eigenvalue weighted by atomic mass is 16.5. The van der Waals surface area contributed by atoms with E-state index in [9.17, 15) is 5.11 Å². The second kappa shape index (κ2) is 10.7. The number of aliphatic hydroxyl groups excluding tert-OH is 1. The summed E-state index contributed by atoms with van der Waals surface area (Å²) >= 11 is 0. The van der Waals surface area contributed by atoms with Crippen molar-refractivity contribution >= 4 is 0 Å². The lowest BCUT2D eigenvalue weighted by Gasteiger charge is -2.32. The zero-order valence-electron chi connectivity index (χ0n) is 14.2. The first kappa shape index (κ1) is 19.1. The van der Waals surface area contributed by atoms with Crippen molar-refractivity contribution in [3.05, 3.63) is 35.9 Å². The third kappa shape index (κ3) is 6.88. The lowest BCUT2D eigenvalue weighted by molar-refractivity contribution is 0.0443. The minimum Gasteiger partial charge on any atom is -0.390 e. The molecule has 126 valence electrons. The van der Waals surface area contributed by atoms with Gasteiger partial charge in [-0.3, -0.25) is 4.90 Å².